The van der Waals surface area contributed by atoms with Gasteiger partial charge in [0, 0.05) is 31.9 Å². The molecule has 0 unspecified atom stereocenters. The molecule has 3 heteroatoms. The first-order chi connectivity index (χ1) is 17.8. The van der Waals surface area contributed by atoms with Gasteiger partial charge in [-0.15, -0.1) is 11.3 Å². The predicted molar refractivity (Wildman–Crippen MR) is 154 cm³/mol. The van der Waals surface area contributed by atoms with Gasteiger partial charge in [0.25, 0.3) is 0 Å². The average Bonchev–Trinajstić information content (AvgIpc) is 3.47. The van der Waals surface area contributed by atoms with Gasteiger partial charge < -0.3 is 4.57 Å². The van der Waals surface area contributed by atoms with E-state index in [-0.39, 0.29) is 0 Å². The maximum atomic E-state index is 5.01. The average molecular weight is 477 g/mol. The Morgan fingerprint density at radius 1 is 0.528 bits per heavy atom. The van der Waals surface area contributed by atoms with Crippen molar-refractivity contribution in [3.63, 3.8) is 0 Å². The zero-order chi connectivity index (χ0) is 23.6. The maximum Gasteiger partial charge on any atom is 0.0896 e. The standard InChI is InChI=1S/C33H20N2S/c1-4-10-29-25(7-1)26-8-2-5-11-30(26)35(29)24-16-13-21(14-17-24)22-15-18-28-23(19-22)20-32-33(34-28)27-9-3-6-12-31(27)36-32/h1-20H. The van der Waals surface area contributed by atoms with Crippen molar-refractivity contribution >= 4 is 64.3 Å². The third kappa shape index (κ3) is 2.87. The molecular formula is C33H20N2S. The van der Waals surface area contributed by atoms with Gasteiger partial charge in [-0.1, -0.05) is 72.8 Å². The lowest BCUT2D eigenvalue weighted by molar-refractivity contribution is 1.18. The van der Waals surface area contributed by atoms with Gasteiger partial charge >= 0.3 is 0 Å². The zero-order valence-electron chi connectivity index (χ0n) is 19.3. The van der Waals surface area contributed by atoms with Gasteiger partial charge in [-0.3, -0.25) is 0 Å². The molecule has 5 aromatic carbocycles. The summed E-state index contributed by atoms with van der Waals surface area (Å²) in [7, 11) is 0. The summed E-state index contributed by atoms with van der Waals surface area (Å²) < 4.78 is 4.88. The highest BCUT2D eigenvalue weighted by atomic mass is 32.1. The Morgan fingerprint density at radius 2 is 1.17 bits per heavy atom. The van der Waals surface area contributed by atoms with E-state index in [4.69, 9.17) is 4.98 Å². The Labute approximate surface area is 211 Å². The highest BCUT2D eigenvalue weighted by Gasteiger charge is 2.12. The summed E-state index contributed by atoms with van der Waals surface area (Å²) >= 11 is 1.82. The second-order valence-electron chi connectivity index (χ2n) is 9.26. The van der Waals surface area contributed by atoms with E-state index in [0.29, 0.717) is 0 Å². The second kappa shape index (κ2) is 7.51. The second-order valence-corrected chi connectivity index (χ2v) is 10.3. The van der Waals surface area contributed by atoms with E-state index in [1.807, 2.05) is 11.3 Å². The van der Waals surface area contributed by atoms with Crippen molar-refractivity contribution in [1.29, 1.82) is 0 Å². The summed E-state index contributed by atoms with van der Waals surface area (Å²) in [6.45, 7) is 0. The molecule has 8 rings (SSSR count). The molecule has 0 bridgehead atoms. The largest absolute Gasteiger partial charge is 0.309 e. The smallest absolute Gasteiger partial charge is 0.0896 e. The molecular weight excluding hydrogens is 456 g/mol. The summed E-state index contributed by atoms with van der Waals surface area (Å²) in [5.41, 5.74) is 8.19. The number of rotatable bonds is 2. The summed E-state index contributed by atoms with van der Waals surface area (Å²) in [4.78, 5) is 5.01. The van der Waals surface area contributed by atoms with Crippen LogP contribution in [0.4, 0.5) is 0 Å². The van der Waals surface area contributed by atoms with Crippen LogP contribution in [0.1, 0.15) is 0 Å². The first-order valence-corrected chi connectivity index (χ1v) is 13.0. The Balaban J connectivity index is 1.24. The maximum absolute atomic E-state index is 5.01. The van der Waals surface area contributed by atoms with Gasteiger partial charge in [0.2, 0.25) is 0 Å². The van der Waals surface area contributed by atoms with Crippen molar-refractivity contribution < 1.29 is 0 Å². The van der Waals surface area contributed by atoms with E-state index in [1.165, 1.54) is 58.8 Å². The number of nitrogens with zero attached hydrogens (tertiary/aromatic N) is 2. The minimum Gasteiger partial charge on any atom is -0.309 e. The molecule has 0 amide bonds. The molecule has 0 atom stereocenters. The van der Waals surface area contributed by atoms with E-state index in [1.54, 1.807) is 0 Å². The number of thiophene rings is 1. The molecule has 168 valence electrons. The van der Waals surface area contributed by atoms with Crippen LogP contribution in [0.25, 0.3) is 69.8 Å². The van der Waals surface area contributed by atoms with Crippen molar-refractivity contribution in [3.8, 4) is 16.8 Å². The van der Waals surface area contributed by atoms with Crippen molar-refractivity contribution in [2.75, 3.05) is 0 Å². The zero-order valence-corrected chi connectivity index (χ0v) is 20.2. The molecule has 0 saturated carbocycles. The molecule has 0 aliphatic rings. The Bertz CT molecular complexity index is 2040. The molecule has 3 heterocycles. The normalized spacial score (nSPS) is 11.9. The van der Waals surface area contributed by atoms with Crippen LogP contribution in [0.3, 0.4) is 0 Å². The molecule has 0 radical (unpaired) electrons. The van der Waals surface area contributed by atoms with E-state index in [2.05, 4.69) is 126 Å². The van der Waals surface area contributed by atoms with Crippen LogP contribution in [-0.4, -0.2) is 9.55 Å². The number of hydrogen-bond acceptors (Lipinski definition) is 2. The van der Waals surface area contributed by atoms with Gasteiger partial charge in [0.05, 0.1) is 26.8 Å². The minimum atomic E-state index is 1.04. The van der Waals surface area contributed by atoms with Crippen molar-refractivity contribution in [2.24, 2.45) is 0 Å². The summed E-state index contributed by atoms with van der Waals surface area (Å²) in [5.74, 6) is 0. The van der Waals surface area contributed by atoms with Gasteiger partial charge in [-0.05, 0) is 59.7 Å². The van der Waals surface area contributed by atoms with Crippen LogP contribution < -0.4 is 0 Å². The first kappa shape index (κ1) is 19.8. The quantitative estimate of drug-likeness (QED) is 0.243. The van der Waals surface area contributed by atoms with Gasteiger partial charge in [0.15, 0.2) is 0 Å². The molecule has 8 aromatic rings. The monoisotopic (exact) mass is 476 g/mol. The fourth-order valence-electron chi connectivity index (χ4n) is 5.48. The number of para-hydroxylation sites is 2. The third-order valence-corrected chi connectivity index (χ3v) is 8.29. The van der Waals surface area contributed by atoms with Crippen LogP contribution in [0.5, 0.6) is 0 Å². The summed E-state index contributed by atoms with van der Waals surface area (Å²) in [5, 5.41) is 4.99. The topological polar surface area (TPSA) is 17.8 Å². The highest BCUT2D eigenvalue weighted by molar-refractivity contribution is 7.25. The highest BCUT2D eigenvalue weighted by Crippen LogP contribution is 2.36. The van der Waals surface area contributed by atoms with Gasteiger partial charge in [-0.2, -0.15) is 0 Å². The Hall–Kier alpha value is -4.47. The van der Waals surface area contributed by atoms with E-state index < -0.39 is 0 Å². The summed E-state index contributed by atoms with van der Waals surface area (Å²) in [6.07, 6.45) is 0. The first-order valence-electron chi connectivity index (χ1n) is 12.1. The third-order valence-electron chi connectivity index (χ3n) is 7.18. The van der Waals surface area contributed by atoms with Crippen molar-refractivity contribution in [3.05, 3.63) is 121 Å². The van der Waals surface area contributed by atoms with E-state index >= 15 is 0 Å². The minimum absolute atomic E-state index is 1.04. The fourth-order valence-corrected chi connectivity index (χ4v) is 6.58. The summed E-state index contributed by atoms with van der Waals surface area (Å²) in [6, 6.07) is 43.6. The molecule has 0 fully saturated rings. The fraction of sp³-hybridized carbons (Fsp3) is 0. The lowest BCUT2D eigenvalue weighted by Gasteiger charge is -2.10. The molecule has 3 aromatic heterocycles. The lowest BCUT2D eigenvalue weighted by atomic mass is 10.0. The lowest BCUT2D eigenvalue weighted by Crippen LogP contribution is -1.93. The van der Waals surface area contributed by atoms with Crippen LogP contribution in [0.15, 0.2) is 121 Å². The van der Waals surface area contributed by atoms with Gasteiger partial charge in [0.1, 0.15) is 0 Å². The molecule has 0 spiro atoms. The Kier molecular flexibility index (Phi) is 4.13. The number of benzene rings is 5. The number of aromatic nitrogens is 2. The van der Waals surface area contributed by atoms with Crippen LogP contribution in [-0.2, 0) is 0 Å². The Morgan fingerprint density at radius 3 is 1.92 bits per heavy atom. The van der Waals surface area contributed by atoms with E-state index in [9.17, 15) is 0 Å². The number of pyridine rings is 1. The van der Waals surface area contributed by atoms with Crippen molar-refractivity contribution in [1.82, 2.24) is 9.55 Å². The van der Waals surface area contributed by atoms with Crippen molar-refractivity contribution in [2.45, 2.75) is 0 Å². The molecule has 0 aliphatic carbocycles. The van der Waals surface area contributed by atoms with Crippen LogP contribution in [0.2, 0.25) is 0 Å². The molecule has 0 saturated heterocycles. The van der Waals surface area contributed by atoms with Crippen LogP contribution in [0, 0.1) is 0 Å². The van der Waals surface area contributed by atoms with Gasteiger partial charge in [-0.25, -0.2) is 4.98 Å². The molecule has 36 heavy (non-hydrogen) atoms. The van der Waals surface area contributed by atoms with Crippen LogP contribution >= 0.6 is 11.3 Å². The SMILES string of the molecule is c1ccc2c(c1)sc1cc3cc(-c4ccc(-n5c6ccccc6c6ccccc65)cc4)ccc3nc12. The molecule has 0 aliphatic heterocycles. The number of hydrogen-bond donors (Lipinski definition) is 0. The molecule has 2 nitrogen and oxygen atoms in total. The molecule has 0 N–H and O–H groups in total. The van der Waals surface area contributed by atoms with E-state index in [0.717, 1.165) is 11.0 Å². The number of fused-ring (bicyclic) bond motifs is 7. The predicted octanol–water partition coefficient (Wildman–Crippen LogP) is 9.37.